The number of carbonyl (C=O) groups excluding carboxylic acids is 1. The van der Waals surface area contributed by atoms with Gasteiger partial charge in [-0.05, 0) is 42.8 Å². The van der Waals surface area contributed by atoms with Gasteiger partial charge in [0.2, 0.25) is 0 Å². The van der Waals surface area contributed by atoms with Crippen molar-refractivity contribution in [2.24, 2.45) is 0 Å². The highest BCUT2D eigenvalue weighted by Crippen LogP contribution is 2.19. The molecule has 21 heavy (non-hydrogen) atoms. The minimum atomic E-state index is 0.261. The van der Waals surface area contributed by atoms with Crippen molar-refractivity contribution in [1.82, 2.24) is 4.90 Å². The lowest BCUT2D eigenvalue weighted by Gasteiger charge is -2.29. The van der Waals surface area contributed by atoms with Gasteiger partial charge in [-0.15, -0.1) is 0 Å². The average Bonchev–Trinajstić information content (AvgIpc) is 2.53. The second kappa shape index (κ2) is 6.88. The highest BCUT2D eigenvalue weighted by atomic mass is 127. The molecule has 1 aliphatic rings. The van der Waals surface area contributed by atoms with Crippen molar-refractivity contribution >= 4 is 39.1 Å². The Hall–Kier alpha value is -0.940. The van der Waals surface area contributed by atoms with E-state index in [1.165, 1.54) is 18.2 Å². The van der Waals surface area contributed by atoms with Crippen LogP contribution in [0, 0.1) is 0 Å². The zero-order valence-corrected chi connectivity index (χ0v) is 14.3. The molecule has 1 saturated heterocycles. The molecular formula is C18H20INO. The Labute approximate surface area is 139 Å². The number of benzene rings is 2. The number of nitrogens with zero attached hydrogens (tertiary/aromatic N) is 1. The number of alkyl halides is 1. The number of likely N-dealkylation sites (tertiary alicyclic amines) is 1. The summed E-state index contributed by atoms with van der Waals surface area (Å²) in [5, 5.41) is 2.34. The van der Waals surface area contributed by atoms with Crippen molar-refractivity contribution in [3.63, 3.8) is 0 Å². The molecule has 2 aromatic rings. The van der Waals surface area contributed by atoms with Gasteiger partial charge in [-0.25, -0.2) is 0 Å². The van der Waals surface area contributed by atoms with Crippen molar-refractivity contribution in [3.8, 4) is 0 Å². The maximum absolute atomic E-state index is 12.4. The van der Waals surface area contributed by atoms with Crippen LogP contribution in [0.15, 0.2) is 42.5 Å². The van der Waals surface area contributed by atoms with Crippen LogP contribution in [0.2, 0.25) is 0 Å². The second-order valence-corrected chi connectivity index (χ2v) is 7.51. The van der Waals surface area contributed by atoms with Crippen LogP contribution in [0.5, 0.6) is 0 Å². The summed E-state index contributed by atoms with van der Waals surface area (Å²) in [6.07, 6.45) is 3.14. The van der Waals surface area contributed by atoms with Gasteiger partial charge in [0, 0.05) is 22.5 Å². The van der Waals surface area contributed by atoms with E-state index in [0.717, 1.165) is 34.5 Å². The molecule has 2 nitrogen and oxygen atoms in total. The predicted octanol–water partition coefficient (Wildman–Crippen LogP) is 4.31. The number of halogens is 1. The molecule has 0 spiro atoms. The molecule has 0 saturated carbocycles. The molecule has 2 aromatic carbocycles. The van der Waals surface area contributed by atoms with E-state index >= 15 is 0 Å². The van der Waals surface area contributed by atoms with Gasteiger partial charge in [0.25, 0.3) is 0 Å². The maximum Gasteiger partial charge on any atom is 0.164 e. The Balaban J connectivity index is 1.61. The van der Waals surface area contributed by atoms with E-state index in [0.29, 0.717) is 6.42 Å². The van der Waals surface area contributed by atoms with Crippen molar-refractivity contribution < 1.29 is 4.79 Å². The quantitative estimate of drug-likeness (QED) is 0.438. The first-order valence-electron chi connectivity index (χ1n) is 7.61. The number of carbonyl (C=O) groups is 1. The minimum absolute atomic E-state index is 0.261. The highest BCUT2D eigenvalue weighted by Gasteiger charge is 2.17. The van der Waals surface area contributed by atoms with Crippen molar-refractivity contribution in [2.75, 3.05) is 19.6 Å². The van der Waals surface area contributed by atoms with Gasteiger partial charge in [0.05, 0.1) is 0 Å². The molecule has 3 rings (SSSR count). The predicted molar refractivity (Wildman–Crippen MR) is 96.4 cm³/mol. The Bertz CT molecular complexity index is 632. The topological polar surface area (TPSA) is 20.3 Å². The van der Waals surface area contributed by atoms with Crippen molar-refractivity contribution in [1.29, 1.82) is 0 Å². The summed E-state index contributed by atoms with van der Waals surface area (Å²) in [4.78, 5) is 14.8. The molecular weight excluding hydrogens is 373 g/mol. The van der Waals surface area contributed by atoms with Gasteiger partial charge in [-0.1, -0.05) is 59.0 Å². The molecule has 1 fully saturated rings. The minimum Gasteiger partial charge on any atom is -0.303 e. The van der Waals surface area contributed by atoms with Gasteiger partial charge in [0.15, 0.2) is 5.78 Å². The molecule has 0 atom stereocenters. The fourth-order valence-corrected chi connectivity index (χ4v) is 3.45. The molecule has 0 aromatic heterocycles. The van der Waals surface area contributed by atoms with Gasteiger partial charge in [-0.2, -0.15) is 0 Å². The first-order chi connectivity index (χ1) is 10.2. The lowest BCUT2D eigenvalue weighted by molar-refractivity contribution is 0.0960. The molecule has 1 heterocycles. The van der Waals surface area contributed by atoms with Crippen molar-refractivity contribution in [2.45, 2.75) is 23.2 Å². The number of fused-ring (bicyclic) bond motifs is 1. The first-order valence-corrected chi connectivity index (χ1v) is 8.85. The van der Waals surface area contributed by atoms with Crippen molar-refractivity contribution in [3.05, 3.63) is 48.0 Å². The van der Waals surface area contributed by atoms with Gasteiger partial charge < -0.3 is 4.90 Å². The first kappa shape index (κ1) is 15.0. The highest BCUT2D eigenvalue weighted by molar-refractivity contribution is 14.1. The standard InChI is InChI=1S/C18H20INO/c19-17-7-10-20(11-8-17)12-9-18(21)16-6-5-14-3-1-2-4-15(14)13-16/h1-6,13,17H,7-12H2. The van der Waals surface area contributed by atoms with E-state index in [9.17, 15) is 4.79 Å². The lowest BCUT2D eigenvalue weighted by atomic mass is 10.0. The summed E-state index contributed by atoms with van der Waals surface area (Å²) in [5.74, 6) is 0.261. The summed E-state index contributed by atoms with van der Waals surface area (Å²) in [7, 11) is 0. The molecule has 0 aliphatic carbocycles. The van der Waals surface area contributed by atoms with E-state index in [2.05, 4.69) is 39.6 Å². The summed E-state index contributed by atoms with van der Waals surface area (Å²) in [6, 6.07) is 14.2. The number of piperidine rings is 1. The monoisotopic (exact) mass is 393 g/mol. The average molecular weight is 393 g/mol. The molecule has 1 aliphatic heterocycles. The molecule has 0 radical (unpaired) electrons. The fourth-order valence-electron chi connectivity index (χ4n) is 2.89. The van der Waals surface area contributed by atoms with Crippen LogP contribution in [0.25, 0.3) is 10.8 Å². The number of Topliss-reactive ketones (excluding diaryl/α,β-unsaturated/α-hetero) is 1. The Morgan fingerprint density at radius 1 is 1.10 bits per heavy atom. The normalized spacial score (nSPS) is 17.2. The second-order valence-electron chi connectivity index (χ2n) is 5.75. The van der Waals surface area contributed by atoms with Gasteiger partial charge >= 0.3 is 0 Å². The fraction of sp³-hybridized carbons (Fsp3) is 0.389. The van der Waals surface area contributed by atoms with E-state index in [-0.39, 0.29) is 5.78 Å². The third-order valence-electron chi connectivity index (χ3n) is 4.24. The number of rotatable bonds is 4. The van der Waals surface area contributed by atoms with Crippen LogP contribution in [-0.4, -0.2) is 34.2 Å². The molecule has 0 amide bonds. The molecule has 0 bridgehead atoms. The lowest BCUT2D eigenvalue weighted by Crippen LogP contribution is -2.35. The van der Waals surface area contributed by atoms with Crippen LogP contribution >= 0.6 is 22.6 Å². The van der Waals surface area contributed by atoms with Crippen LogP contribution in [-0.2, 0) is 0 Å². The van der Waals surface area contributed by atoms with E-state index in [1.807, 2.05) is 30.3 Å². The third kappa shape index (κ3) is 3.83. The van der Waals surface area contributed by atoms with Crippen LogP contribution in [0.3, 0.4) is 0 Å². The Morgan fingerprint density at radius 2 is 1.81 bits per heavy atom. The Kier molecular flexibility index (Phi) is 4.91. The summed E-state index contributed by atoms with van der Waals surface area (Å²) >= 11 is 2.53. The molecule has 3 heteroatoms. The van der Waals surface area contributed by atoms with Gasteiger partial charge in [0.1, 0.15) is 0 Å². The zero-order valence-electron chi connectivity index (χ0n) is 12.1. The molecule has 0 N–H and O–H groups in total. The number of hydrogen-bond donors (Lipinski definition) is 0. The Morgan fingerprint density at radius 3 is 2.57 bits per heavy atom. The third-order valence-corrected chi connectivity index (χ3v) is 5.49. The van der Waals surface area contributed by atoms with E-state index in [1.54, 1.807) is 0 Å². The van der Waals surface area contributed by atoms with Crippen LogP contribution in [0.4, 0.5) is 0 Å². The zero-order chi connectivity index (χ0) is 14.7. The summed E-state index contributed by atoms with van der Waals surface area (Å²) in [6.45, 7) is 3.17. The maximum atomic E-state index is 12.4. The SMILES string of the molecule is O=C(CCN1CCC(I)CC1)c1ccc2ccccc2c1. The number of hydrogen-bond acceptors (Lipinski definition) is 2. The summed E-state index contributed by atoms with van der Waals surface area (Å²) < 4.78 is 0.815. The number of ketones is 1. The largest absolute Gasteiger partial charge is 0.303 e. The molecule has 110 valence electrons. The van der Waals surface area contributed by atoms with E-state index < -0.39 is 0 Å². The summed E-state index contributed by atoms with van der Waals surface area (Å²) in [5.41, 5.74) is 0.845. The van der Waals surface area contributed by atoms with E-state index in [4.69, 9.17) is 0 Å². The van der Waals surface area contributed by atoms with Gasteiger partial charge in [-0.3, -0.25) is 4.79 Å². The van der Waals surface area contributed by atoms with Crippen LogP contribution < -0.4 is 0 Å². The molecule has 0 unspecified atom stereocenters. The smallest absolute Gasteiger partial charge is 0.164 e. The van der Waals surface area contributed by atoms with Crippen LogP contribution in [0.1, 0.15) is 29.6 Å².